The van der Waals surface area contributed by atoms with E-state index in [4.69, 9.17) is 0 Å². The van der Waals surface area contributed by atoms with Gasteiger partial charge < -0.3 is 15.5 Å². The summed E-state index contributed by atoms with van der Waals surface area (Å²) in [5.74, 6) is 0.763. The average molecular weight is 229 g/mol. The molecule has 5 nitrogen and oxygen atoms in total. The first-order valence-electron chi connectivity index (χ1n) is 5.08. The molecule has 2 rings (SSSR count). The van der Waals surface area contributed by atoms with Gasteiger partial charge in [-0.1, -0.05) is 0 Å². The highest BCUT2D eigenvalue weighted by atomic mass is 32.1. The molecule has 1 unspecified atom stereocenters. The van der Waals surface area contributed by atoms with E-state index < -0.39 is 12.2 Å². The minimum absolute atomic E-state index is 0.191. The molecule has 0 aliphatic heterocycles. The van der Waals surface area contributed by atoms with E-state index in [1.54, 1.807) is 0 Å². The zero-order chi connectivity index (χ0) is 10.8. The number of rotatable bonds is 2. The first kappa shape index (κ1) is 10.8. The van der Waals surface area contributed by atoms with Crippen molar-refractivity contribution in [2.24, 2.45) is 0 Å². The van der Waals surface area contributed by atoms with E-state index in [1.165, 1.54) is 11.5 Å². The van der Waals surface area contributed by atoms with Crippen LogP contribution in [0.2, 0.25) is 0 Å². The molecule has 1 heterocycles. The van der Waals surface area contributed by atoms with Crippen molar-refractivity contribution < 1.29 is 10.2 Å². The molecule has 1 aromatic rings. The highest BCUT2D eigenvalue weighted by Crippen LogP contribution is 2.23. The highest BCUT2D eigenvalue weighted by Gasteiger charge is 2.27. The second kappa shape index (κ2) is 4.42. The van der Waals surface area contributed by atoms with E-state index in [0.29, 0.717) is 12.8 Å². The summed E-state index contributed by atoms with van der Waals surface area (Å²) in [7, 11) is 0. The maximum Gasteiger partial charge on any atom is 0.202 e. The molecule has 1 fully saturated rings. The van der Waals surface area contributed by atoms with Gasteiger partial charge in [-0.15, -0.1) is 0 Å². The normalized spacial score (nSPS) is 31.5. The largest absolute Gasteiger partial charge is 0.390 e. The van der Waals surface area contributed by atoms with Crippen molar-refractivity contribution in [1.29, 1.82) is 0 Å². The van der Waals surface area contributed by atoms with E-state index in [-0.39, 0.29) is 6.04 Å². The monoisotopic (exact) mass is 229 g/mol. The van der Waals surface area contributed by atoms with Gasteiger partial charge in [-0.2, -0.15) is 4.37 Å². The third-order valence-corrected chi connectivity index (χ3v) is 3.37. The standard InChI is InChI=1S/C9H15N3O2S/c1-5-10-9(15-12-5)11-6-2-3-7(13)8(14)4-6/h6-8,13-14H,2-4H2,1H3,(H,10,11,12)/t6?,7-,8+/m1/s1. The lowest BCUT2D eigenvalue weighted by molar-refractivity contribution is -0.0119. The fourth-order valence-electron chi connectivity index (χ4n) is 1.79. The van der Waals surface area contributed by atoms with E-state index in [0.717, 1.165) is 17.4 Å². The second-order valence-electron chi connectivity index (χ2n) is 3.94. The van der Waals surface area contributed by atoms with Crippen LogP contribution in [0.3, 0.4) is 0 Å². The highest BCUT2D eigenvalue weighted by molar-refractivity contribution is 7.09. The summed E-state index contributed by atoms with van der Waals surface area (Å²) in [4.78, 5) is 4.20. The lowest BCUT2D eigenvalue weighted by atomic mass is 9.91. The molecule has 0 amide bonds. The Balaban J connectivity index is 1.90. The van der Waals surface area contributed by atoms with Crippen LogP contribution >= 0.6 is 11.5 Å². The molecule has 1 saturated carbocycles. The summed E-state index contributed by atoms with van der Waals surface area (Å²) in [5.41, 5.74) is 0. The Morgan fingerprint density at radius 1 is 1.33 bits per heavy atom. The first-order chi connectivity index (χ1) is 7.15. The first-order valence-corrected chi connectivity index (χ1v) is 5.85. The zero-order valence-electron chi connectivity index (χ0n) is 8.55. The van der Waals surface area contributed by atoms with E-state index in [9.17, 15) is 10.2 Å². The topological polar surface area (TPSA) is 78.3 Å². The smallest absolute Gasteiger partial charge is 0.202 e. The Hall–Kier alpha value is -0.720. The van der Waals surface area contributed by atoms with Gasteiger partial charge in [-0.05, 0) is 26.2 Å². The third-order valence-electron chi connectivity index (χ3n) is 2.64. The van der Waals surface area contributed by atoms with Gasteiger partial charge in [0.25, 0.3) is 0 Å². The van der Waals surface area contributed by atoms with Crippen molar-refractivity contribution in [3.8, 4) is 0 Å². The number of aliphatic hydroxyl groups excluding tert-OH is 2. The SMILES string of the molecule is Cc1nsc(NC2CC[C@@H](O)[C@@H](O)C2)n1. The number of nitrogens with one attached hydrogen (secondary N) is 1. The Kier molecular flexibility index (Phi) is 3.18. The number of hydrogen-bond acceptors (Lipinski definition) is 6. The summed E-state index contributed by atoms with van der Waals surface area (Å²) < 4.78 is 4.07. The van der Waals surface area contributed by atoms with Crippen molar-refractivity contribution in [1.82, 2.24) is 9.36 Å². The molecule has 1 aliphatic rings. The molecular weight excluding hydrogens is 214 g/mol. The molecule has 6 heteroatoms. The van der Waals surface area contributed by atoms with Crippen LogP contribution in [0.1, 0.15) is 25.1 Å². The Labute approximate surface area is 92.3 Å². The summed E-state index contributed by atoms with van der Waals surface area (Å²) in [6, 6.07) is 0.191. The number of nitrogens with zero attached hydrogens (tertiary/aromatic N) is 2. The van der Waals surface area contributed by atoms with Crippen molar-refractivity contribution in [3.05, 3.63) is 5.82 Å². The van der Waals surface area contributed by atoms with Crippen LogP contribution in [0, 0.1) is 6.92 Å². The minimum Gasteiger partial charge on any atom is -0.390 e. The molecule has 3 N–H and O–H groups in total. The van der Waals surface area contributed by atoms with Crippen LogP contribution < -0.4 is 5.32 Å². The van der Waals surface area contributed by atoms with Gasteiger partial charge in [0.1, 0.15) is 5.82 Å². The summed E-state index contributed by atoms with van der Waals surface area (Å²) in [5, 5.41) is 22.9. The number of hydrogen-bond donors (Lipinski definition) is 3. The Morgan fingerprint density at radius 3 is 2.73 bits per heavy atom. The predicted octanol–water partition coefficient (Wildman–Crippen LogP) is 0.533. The zero-order valence-corrected chi connectivity index (χ0v) is 9.37. The maximum atomic E-state index is 9.51. The number of aryl methyl sites for hydroxylation is 1. The molecule has 1 aromatic heterocycles. The van der Waals surface area contributed by atoms with Crippen molar-refractivity contribution in [3.63, 3.8) is 0 Å². The summed E-state index contributed by atoms with van der Waals surface area (Å²) in [6.07, 6.45) is 0.872. The molecule has 0 aromatic carbocycles. The molecule has 84 valence electrons. The van der Waals surface area contributed by atoms with Crippen LogP contribution in [-0.4, -0.2) is 37.8 Å². The molecule has 15 heavy (non-hydrogen) atoms. The Morgan fingerprint density at radius 2 is 2.13 bits per heavy atom. The molecule has 0 bridgehead atoms. The number of anilines is 1. The third kappa shape index (κ3) is 2.64. The quantitative estimate of drug-likeness (QED) is 0.689. The van der Waals surface area contributed by atoms with Gasteiger partial charge in [-0.25, -0.2) is 4.98 Å². The molecular formula is C9H15N3O2S. The van der Waals surface area contributed by atoms with Gasteiger partial charge in [-0.3, -0.25) is 0 Å². The average Bonchev–Trinajstić information content (AvgIpc) is 2.58. The van der Waals surface area contributed by atoms with E-state index in [1.807, 2.05) is 6.92 Å². The van der Waals surface area contributed by atoms with Crippen molar-refractivity contribution in [2.75, 3.05) is 5.32 Å². The summed E-state index contributed by atoms with van der Waals surface area (Å²) >= 11 is 1.33. The maximum absolute atomic E-state index is 9.51. The second-order valence-corrected chi connectivity index (χ2v) is 4.69. The van der Waals surface area contributed by atoms with E-state index in [2.05, 4.69) is 14.7 Å². The van der Waals surface area contributed by atoms with Gasteiger partial charge in [0.15, 0.2) is 0 Å². The van der Waals surface area contributed by atoms with Crippen LogP contribution in [0.15, 0.2) is 0 Å². The fourth-order valence-corrected chi connectivity index (χ4v) is 2.44. The number of aliphatic hydroxyl groups is 2. The van der Waals surface area contributed by atoms with Gasteiger partial charge in [0.05, 0.1) is 12.2 Å². The molecule has 0 radical (unpaired) electrons. The van der Waals surface area contributed by atoms with Crippen molar-refractivity contribution >= 4 is 16.7 Å². The van der Waals surface area contributed by atoms with Crippen LogP contribution in [0.5, 0.6) is 0 Å². The van der Waals surface area contributed by atoms with Crippen molar-refractivity contribution in [2.45, 2.75) is 44.4 Å². The van der Waals surface area contributed by atoms with Gasteiger partial charge in [0, 0.05) is 17.6 Å². The number of aromatic nitrogens is 2. The van der Waals surface area contributed by atoms with Gasteiger partial charge >= 0.3 is 0 Å². The molecule has 1 aliphatic carbocycles. The molecule has 0 saturated heterocycles. The van der Waals surface area contributed by atoms with Crippen LogP contribution in [0.25, 0.3) is 0 Å². The summed E-state index contributed by atoms with van der Waals surface area (Å²) in [6.45, 7) is 1.85. The predicted molar refractivity (Wildman–Crippen MR) is 57.9 cm³/mol. The fraction of sp³-hybridized carbons (Fsp3) is 0.778. The molecule has 0 spiro atoms. The lowest BCUT2D eigenvalue weighted by Crippen LogP contribution is -2.39. The minimum atomic E-state index is -0.620. The lowest BCUT2D eigenvalue weighted by Gasteiger charge is -2.30. The molecule has 3 atom stereocenters. The van der Waals surface area contributed by atoms with Crippen LogP contribution in [0.4, 0.5) is 5.13 Å². The van der Waals surface area contributed by atoms with Crippen LogP contribution in [-0.2, 0) is 0 Å². The Bertz CT molecular complexity index is 331. The van der Waals surface area contributed by atoms with Gasteiger partial charge in [0.2, 0.25) is 5.13 Å². The van der Waals surface area contributed by atoms with E-state index >= 15 is 0 Å².